The molecule has 5 heteroatoms. The molecule has 0 atom stereocenters. The topological polar surface area (TPSA) is 69.6 Å². The van der Waals surface area contributed by atoms with Gasteiger partial charge in [-0.05, 0) is 39.5 Å². The van der Waals surface area contributed by atoms with Gasteiger partial charge in [0.1, 0.15) is 6.54 Å². The summed E-state index contributed by atoms with van der Waals surface area (Å²) in [4.78, 5) is 24.0. The van der Waals surface area contributed by atoms with Crippen molar-refractivity contribution in [1.29, 1.82) is 0 Å². The third-order valence-electron chi connectivity index (χ3n) is 2.62. The minimum atomic E-state index is -0.949. The van der Waals surface area contributed by atoms with Crippen molar-refractivity contribution in [2.75, 3.05) is 19.6 Å². The first kappa shape index (κ1) is 14.0. The average Bonchev–Trinajstić information content (AvgIpc) is 2.95. The van der Waals surface area contributed by atoms with Crippen molar-refractivity contribution in [3.8, 4) is 0 Å². The highest BCUT2D eigenvalue weighted by Crippen LogP contribution is 2.29. The molecule has 1 saturated carbocycles. The van der Waals surface area contributed by atoms with Gasteiger partial charge in [0.05, 0.1) is 6.54 Å². The van der Waals surface area contributed by atoms with Gasteiger partial charge in [-0.2, -0.15) is 0 Å². The van der Waals surface area contributed by atoms with Crippen molar-refractivity contribution in [3.05, 3.63) is 0 Å². The first-order valence-electron chi connectivity index (χ1n) is 6.02. The van der Waals surface area contributed by atoms with E-state index in [-0.39, 0.29) is 24.5 Å². The molecule has 0 spiro atoms. The van der Waals surface area contributed by atoms with Gasteiger partial charge < -0.3 is 15.3 Å². The Morgan fingerprint density at radius 1 is 1.35 bits per heavy atom. The van der Waals surface area contributed by atoms with Crippen LogP contribution in [0, 0.1) is 5.92 Å². The third-order valence-corrected chi connectivity index (χ3v) is 2.62. The zero-order chi connectivity index (χ0) is 13.1. The summed E-state index contributed by atoms with van der Waals surface area (Å²) in [5, 5.41) is 11.9. The molecule has 98 valence electrons. The van der Waals surface area contributed by atoms with Gasteiger partial charge in [-0.1, -0.05) is 0 Å². The molecule has 0 aromatic carbocycles. The SMILES string of the molecule is CC(C)(C)NCC(=O)N(CC(=O)O)CC1CC1. The van der Waals surface area contributed by atoms with Gasteiger partial charge >= 0.3 is 5.97 Å². The van der Waals surface area contributed by atoms with Crippen LogP contribution in [0.4, 0.5) is 0 Å². The number of hydrogen-bond acceptors (Lipinski definition) is 3. The van der Waals surface area contributed by atoms with Gasteiger partial charge in [0, 0.05) is 12.1 Å². The fourth-order valence-electron chi connectivity index (χ4n) is 1.48. The number of carboxylic acid groups (broad SMARTS) is 1. The standard InChI is InChI=1S/C12H22N2O3/c1-12(2,3)13-6-10(15)14(8-11(16)17)7-9-4-5-9/h9,13H,4-8H2,1-3H3,(H,16,17). The molecular weight excluding hydrogens is 220 g/mol. The highest BCUT2D eigenvalue weighted by atomic mass is 16.4. The van der Waals surface area contributed by atoms with E-state index in [2.05, 4.69) is 5.32 Å². The van der Waals surface area contributed by atoms with Crippen LogP contribution in [-0.2, 0) is 9.59 Å². The largest absolute Gasteiger partial charge is 0.480 e. The van der Waals surface area contributed by atoms with Crippen LogP contribution in [0.5, 0.6) is 0 Å². The molecule has 0 bridgehead atoms. The van der Waals surface area contributed by atoms with Crippen molar-refractivity contribution < 1.29 is 14.7 Å². The second-order valence-electron chi connectivity index (χ2n) is 5.71. The summed E-state index contributed by atoms with van der Waals surface area (Å²) in [5.74, 6) is -0.572. The summed E-state index contributed by atoms with van der Waals surface area (Å²) in [6, 6.07) is 0. The maximum atomic E-state index is 11.9. The first-order valence-corrected chi connectivity index (χ1v) is 6.02. The maximum absolute atomic E-state index is 11.9. The van der Waals surface area contributed by atoms with Crippen molar-refractivity contribution in [1.82, 2.24) is 10.2 Å². The minimum absolute atomic E-state index is 0.130. The molecule has 0 radical (unpaired) electrons. The van der Waals surface area contributed by atoms with E-state index in [4.69, 9.17) is 5.11 Å². The zero-order valence-corrected chi connectivity index (χ0v) is 10.8. The summed E-state index contributed by atoms with van der Waals surface area (Å²) in [5.41, 5.74) is -0.135. The Bertz CT molecular complexity index is 293. The molecular formula is C12H22N2O3. The van der Waals surface area contributed by atoms with Crippen LogP contribution in [0.25, 0.3) is 0 Å². The first-order chi connectivity index (χ1) is 7.78. The number of nitrogens with zero attached hydrogens (tertiary/aromatic N) is 1. The Morgan fingerprint density at radius 2 is 1.94 bits per heavy atom. The lowest BCUT2D eigenvalue weighted by Gasteiger charge is -2.25. The highest BCUT2D eigenvalue weighted by Gasteiger charge is 2.28. The van der Waals surface area contributed by atoms with Crippen LogP contribution in [0.15, 0.2) is 0 Å². The molecule has 0 saturated heterocycles. The number of carbonyl (C=O) groups excluding carboxylic acids is 1. The van der Waals surface area contributed by atoms with Crippen LogP contribution in [0.2, 0.25) is 0 Å². The minimum Gasteiger partial charge on any atom is -0.480 e. The van der Waals surface area contributed by atoms with Gasteiger partial charge in [0.25, 0.3) is 0 Å². The monoisotopic (exact) mass is 242 g/mol. The lowest BCUT2D eigenvalue weighted by atomic mass is 10.1. The number of nitrogens with one attached hydrogen (secondary N) is 1. The quantitative estimate of drug-likeness (QED) is 0.719. The van der Waals surface area contributed by atoms with Crippen LogP contribution in [0.3, 0.4) is 0 Å². The van der Waals surface area contributed by atoms with Crippen molar-refractivity contribution in [2.24, 2.45) is 5.92 Å². The number of carboxylic acids is 1. The van der Waals surface area contributed by atoms with E-state index in [1.54, 1.807) is 0 Å². The fraction of sp³-hybridized carbons (Fsp3) is 0.833. The van der Waals surface area contributed by atoms with E-state index in [0.29, 0.717) is 12.5 Å². The molecule has 0 aromatic heterocycles. The lowest BCUT2D eigenvalue weighted by Crippen LogP contribution is -2.46. The molecule has 0 aliphatic heterocycles. The Morgan fingerprint density at radius 3 is 2.35 bits per heavy atom. The van der Waals surface area contributed by atoms with E-state index >= 15 is 0 Å². The molecule has 5 nitrogen and oxygen atoms in total. The van der Waals surface area contributed by atoms with Crippen molar-refractivity contribution >= 4 is 11.9 Å². The van der Waals surface area contributed by atoms with E-state index in [1.807, 2.05) is 20.8 Å². The molecule has 1 amide bonds. The molecule has 1 fully saturated rings. The number of hydrogen-bond donors (Lipinski definition) is 2. The third kappa shape index (κ3) is 6.26. The molecule has 0 aromatic rings. The van der Waals surface area contributed by atoms with Gasteiger partial charge in [-0.15, -0.1) is 0 Å². The normalized spacial score (nSPS) is 15.7. The lowest BCUT2D eigenvalue weighted by molar-refractivity contribution is -0.144. The van der Waals surface area contributed by atoms with Gasteiger partial charge in [0.15, 0.2) is 0 Å². The Hall–Kier alpha value is -1.10. The predicted molar refractivity (Wildman–Crippen MR) is 64.7 cm³/mol. The number of aliphatic carboxylic acids is 1. The number of rotatable bonds is 6. The van der Waals surface area contributed by atoms with E-state index in [1.165, 1.54) is 4.90 Å². The molecule has 0 unspecified atom stereocenters. The van der Waals surface area contributed by atoms with Crippen LogP contribution >= 0.6 is 0 Å². The summed E-state index contributed by atoms with van der Waals surface area (Å²) >= 11 is 0. The van der Waals surface area contributed by atoms with Gasteiger partial charge in [0.2, 0.25) is 5.91 Å². The summed E-state index contributed by atoms with van der Waals surface area (Å²) < 4.78 is 0. The summed E-state index contributed by atoms with van der Waals surface area (Å²) in [7, 11) is 0. The average molecular weight is 242 g/mol. The van der Waals surface area contributed by atoms with Crippen molar-refractivity contribution in [3.63, 3.8) is 0 Å². The molecule has 0 heterocycles. The summed E-state index contributed by atoms with van der Waals surface area (Å²) in [6.45, 7) is 6.51. The molecule has 1 rings (SSSR count). The van der Waals surface area contributed by atoms with E-state index in [0.717, 1.165) is 12.8 Å². The Labute approximate surface area is 102 Å². The second kappa shape index (κ2) is 5.49. The van der Waals surface area contributed by atoms with Crippen LogP contribution in [-0.4, -0.2) is 47.1 Å². The molecule has 2 N–H and O–H groups in total. The second-order valence-corrected chi connectivity index (χ2v) is 5.71. The molecule has 1 aliphatic rings. The smallest absolute Gasteiger partial charge is 0.323 e. The van der Waals surface area contributed by atoms with Gasteiger partial charge in [-0.3, -0.25) is 9.59 Å². The number of carbonyl (C=O) groups is 2. The van der Waals surface area contributed by atoms with Crippen LogP contribution in [0.1, 0.15) is 33.6 Å². The highest BCUT2D eigenvalue weighted by molar-refractivity contribution is 5.82. The van der Waals surface area contributed by atoms with Crippen LogP contribution < -0.4 is 5.32 Å². The number of amides is 1. The fourth-order valence-corrected chi connectivity index (χ4v) is 1.48. The maximum Gasteiger partial charge on any atom is 0.323 e. The van der Waals surface area contributed by atoms with E-state index in [9.17, 15) is 9.59 Å². The predicted octanol–water partition coefficient (Wildman–Crippen LogP) is 0.698. The molecule has 1 aliphatic carbocycles. The van der Waals surface area contributed by atoms with E-state index < -0.39 is 5.97 Å². The van der Waals surface area contributed by atoms with Crippen molar-refractivity contribution in [2.45, 2.75) is 39.2 Å². The molecule has 17 heavy (non-hydrogen) atoms. The van der Waals surface area contributed by atoms with Gasteiger partial charge in [-0.25, -0.2) is 0 Å². The zero-order valence-electron chi connectivity index (χ0n) is 10.8. The Balaban J connectivity index is 2.43. The summed E-state index contributed by atoms with van der Waals surface area (Å²) in [6.07, 6.45) is 2.21. The Kier molecular flexibility index (Phi) is 4.51.